The highest BCUT2D eigenvalue weighted by Crippen LogP contribution is 2.11. The van der Waals surface area contributed by atoms with Gasteiger partial charge in [0, 0.05) is 18.7 Å². The first-order valence-electron chi connectivity index (χ1n) is 5.85. The molecule has 3 heteroatoms. The lowest BCUT2D eigenvalue weighted by Gasteiger charge is -2.05. The van der Waals surface area contributed by atoms with Crippen molar-refractivity contribution in [3.8, 4) is 0 Å². The van der Waals surface area contributed by atoms with E-state index in [0.717, 1.165) is 30.1 Å². The summed E-state index contributed by atoms with van der Waals surface area (Å²) < 4.78 is 5.12. The van der Waals surface area contributed by atoms with E-state index in [0.29, 0.717) is 0 Å². The number of hydrogen-bond acceptors (Lipinski definition) is 3. The summed E-state index contributed by atoms with van der Waals surface area (Å²) in [4.78, 5) is 0. The van der Waals surface area contributed by atoms with Crippen LogP contribution < -0.4 is 5.32 Å². The lowest BCUT2D eigenvalue weighted by Crippen LogP contribution is -2.13. The van der Waals surface area contributed by atoms with Gasteiger partial charge in [-0.25, -0.2) is 0 Å². The molecule has 0 radical (unpaired) electrons. The Balaban J connectivity index is 1.90. The van der Waals surface area contributed by atoms with Gasteiger partial charge in [0.2, 0.25) is 0 Å². The van der Waals surface area contributed by atoms with Crippen molar-refractivity contribution in [3.63, 3.8) is 0 Å². The number of aromatic nitrogens is 1. The van der Waals surface area contributed by atoms with Crippen LogP contribution in [0.5, 0.6) is 0 Å². The lowest BCUT2D eigenvalue weighted by atomic mass is 10.1. The maximum absolute atomic E-state index is 5.12. The molecule has 0 aliphatic carbocycles. The van der Waals surface area contributed by atoms with Gasteiger partial charge in [0.25, 0.3) is 0 Å². The summed E-state index contributed by atoms with van der Waals surface area (Å²) in [6, 6.07) is 8.56. The number of hydrogen-bond donors (Lipinski definition) is 1. The summed E-state index contributed by atoms with van der Waals surface area (Å²) >= 11 is 0. The SMILES string of the molecule is Cc1ccc(CNCc2c(C)noc2C)cc1. The smallest absolute Gasteiger partial charge is 0.138 e. The minimum Gasteiger partial charge on any atom is -0.361 e. The van der Waals surface area contributed by atoms with Crippen molar-refractivity contribution < 1.29 is 4.52 Å². The van der Waals surface area contributed by atoms with E-state index in [1.54, 1.807) is 0 Å². The van der Waals surface area contributed by atoms with Crippen molar-refractivity contribution >= 4 is 0 Å². The van der Waals surface area contributed by atoms with Crippen LogP contribution in [0.4, 0.5) is 0 Å². The van der Waals surface area contributed by atoms with Gasteiger partial charge in [-0.3, -0.25) is 0 Å². The lowest BCUT2D eigenvalue weighted by molar-refractivity contribution is 0.392. The zero-order valence-electron chi connectivity index (χ0n) is 10.6. The average Bonchev–Trinajstić information content (AvgIpc) is 2.63. The summed E-state index contributed by atoms with van der Waals surface area (Å²) in [6.45, 7) is 7.68. The molecule has 0 unspecified atom stereocenters. The molecule has 1 aromatic carbocycles. The van der Waals surface area contributed by atoms with Crippen LogP contribution in [0.2, 0.25) is 0 Å². The monoisotopic (exact) mass is 230 g/mol. The third kappa shape index (κ3) is 2.94. The van der Waals surface area contributed by atoms with Gasteiger partial charge >= 0.3 is 0 Å². The highest BCUT2D eigenvalue weighted by Gasteiger charge is 2.07. The Bertz CT molecular complexity index is 466. The molecule has 2 aromatic rings. The van der Waals surface area contributed by atoms with Gasteiger partial charge in [-0.05, 0) is 26.3 Å². The summed E-state index contributed by atoms with van der Waals surface area (Å²) in [5.41, 5.74) is 4.72. The van der Waals surface area contributed by atoms with Crippen molar-refractivity contribution in [3.05, 3.63) is 52.4 Å². The third-order valence-electron chi connectivity index (χ3n) is 2.93. The maximum Gasteiger partial charge on any atom is 0.138 e. The fourth-order valence-corrected chi connectivity index (χ4v) is 1.79. The topological polar surface area (TPSA) is 38.1 Å². The second-order valence-corrected chi connectivity index (χ2v) is 4.39. The molecule has 0 bridgehead atoms. The van der Waals surface area contributed by atoms with Gasteiger partial charge < -0.3 is 9.84 Å². The molecule has 0 saturated heterocycles. The number of aryl methyl sites for hydroxylation is 3. The van der Waals surface area contributed by atoms with Crippen LogP contribution in [-0.2, 0) is 13.1 Å². The Morgan fingerprint density at radius 2 is 1.76 bits per heavy atom. The zero-order valence-corrected chi connectivity index (χ0v) is 10.6. The molecule has 3 nitrogen and oxygen atoms in total. The Kier molecular flexibility index (Phi) is 3.59. The first kappa shape index (κ1) is 11.9. The van der Waals surface area contributed by atoms with E-state index in [2.05, 4.69) is 41.7 Å². The number of benzene rings is 1. The molecule has 0 spiro atoms. The zero-order chi connectivity index (χ0) is 12.3. The molecule has 17 heavy (non-hydrogen) atoms. The summed E-state index contributed by atoms with van der Waals surface area (Å²) in [7, 11) is 0. The van der Waals surface area contributed by atoms with Gasteiger partial charge in [-0.15, -0.1) is 0 Å². The van der Waals surface area contributed by atoms with E-state index in [1.807, 2.05) is 13.8 Å². The van der Waals surface area contributed by atoms with Crippen LogP contribution in [0.15, 0.2) is 28.8 Å². The number of nitrogens with one attached hydrogen (secondary N) is 1. The van der Waals surface area contributed by atoms with E-state index in [4.69, 9.17) is 4.52 Å². The largest absolute Gasteiger partial charge is 0.361 e. The van der Waals surface area contributed by atoms with Crippen molar-refractivity contribution in [2.45, 2.75) is 33.9 Å². The molecule has 0 atom stereocenters. The fourth-order valence-electron chi connectivity index (χ4n) is 1.79. The standard InChI is InChI=1S/C14H18N2O/c1-10-4-6-13(7-5-10)8-15-9-14-11(2)16-17-12(14)3/h4-7,15H,8-9H2,1-3H3. The molecule has 1 aromatic heterocycles. The van der Waals surface area contributed by atoms with Crippen molar-refractivity contribution in [1.82, 2.24) is 10.5 Å². The molecule has 90 valence electrons. The van der Waals surface area contributed by atoms with Crippen molar-refractivity contribution in [2.24, 2.45) is 0 Å². The first-order chi connectivity index (χ1) is 8.16. The van der Waals surface area contributed by atoms with Crippen LogP contribution in [-0.4, -0.2) is 5.16 Å². The third-order valence-corrected chi connectivity index (χ3v) is 2.93. The van der Waals surface area contributed by atoms with E-state index in [-0.39, 0.29) is 0 Å². The Morgan fingerprint density at radius 1 is 1.06 bits per heavy atom. The minimum atomic E-state index is 0.801. The highest BCUT2D eigenvalue weighted by atomic mass is 16.5. The molecule has 0 amide bonds. The highest BCUT2D eigenvalue weighted by molar-refractivity contribution is 5.22. The Labute approximate surface area is 102 Å². The summed E-state index contributed by atoms with van der Waals surface area (Å²) in [6.07, 6.45) is 0. The molecule has 1 N–H and O–H groups in total. The van der Waals surface area contributed by atoms with Crippen molar-refractivity contribution in [1.29, 1.82) is 0 Å². The van der Waals surface area contributed by atoms with Gasteiger partial charge in [0.15, 0.2) is 0 Å². The second kappa shape index (κ2) is 5.15. The van der Waals surface area contributed by atoms with Gasteiger partial charge in [-0.1, -0.05) is 35.0 Å². The molecule has 0 fully saturated rings. The molecule has 0 saturated carbocycles. The first-order valence-corrected chi connectivity index (χ1v) is 5.85. The van der Waals surface area contributed by atoms with Gasteiger partial charge in [0.05, 0.1) is 5.69 Å². The van der Waals surface area contributed by atoms with Crippen LogP contribution in [0, 0.1) is 20.8 Å². The Hall–Kier alpha value is -1.61. The minimum absolute atomic E-state index is 0.801. The number of rotatable bonds is 4. The summed E-state index contributed by atoms with van der Waals surface area (Å²) in [5, 5.41) is 7.34. The van der Waals surface area contributed by atoms with E-state index >= 15 is 0 Å². The normalized spacial score (nSPS) is 10.8. The van der Waals surface area contributed by atoms with Crippen LogP contribution in [0.25, 0.3) is 0 Å². The predicted octanol–water partition coefficient (Wildman–Crippen LogP) is 2.89. The van der Waals surface area contributed by atoms with Crippen molar-refractivity contribution in [2.75, 3.05) is 0 Å². The molecular weight excluding hydrogens is 212 g/mol. The van der Waals surface area contributed by atoms with E-state index in [9.17, 15) is 0 Å². The fraction of sp³-hybridized carbons (Fsp3) is 0.357. The van der Waals surface area contributed by atoms with Crippen LogP contribution >= 0.6 is 0 Å². The Morgan fingerprint density at radius 3 is 2.35 bits per heavy atom. The summed E-state index contributed by atoms with van der Waals surface area (Å²) in [5.74, 6) is 0.902. The molecule has 2 rings (SSSR count). The molecule has 1 heterocycles. The molecule has 0 aliphatic rings. The second-order valence-electron chi connectivity index (χ2n) is 4.39. The van der Waals surface area contributed by atoms with Crippen LogP contribution in [0.3, 0.4) is 0 Å². The van der Waals surface area contributed by atoms with E-state index in [1.165, 1.54) is 11.1 Å². The molecular formula is C14H18N2O. The number of nitrogens with zero attached hydrogens (tertiary/aromatic N) is 1. The predicted molar refractivity (Wildman–Crippen MR) is 67.7 cm³/mol. The quantitative estimate of drug-likeness (QED) is 0.877. The van der Waals surface area contributed by atoms with Gasteiger partial charge in [-0.2, -0.15) is 0 Å². The maximum atomic E-state index is 5.12. The van der Waals surface area contributed by atoms with E-state index < -0.39 is 0 Å². The van der Waals surface area contributed by atoms with Gasteiger partial charge in [0.1, 0.15) is 5.76 Å². The molecule has 0 aliphatic heterocycles. The average molecular weight is 230 g/mol. The van der Waals surface area contributed by atoms with Crippen LogP contribution in [0.1, 0.15) is 28.1 Å².